The number of urea groups is 1. The minimum atomic E-state index is -0.372. The van der Waals surface area contributed by atoms with Gasteiger partial charge in [0.1, 0.15) is 0 Å². The second-order valence-corrected chi connectivity index (χ2v) is 6.75. The van der Waals surface area contributed by atoms with E-state index in [0.717, 1.165) is 10.0 Å². The van der Waals surface area contributed by atoms with Gasteiger partial charge in [-0.25, -0.2) is 4.79 Å². The van der Waals surface area contributed by atoms with E-state index in [-0.39, 0.29) is 17.6 Å². The first-order valence-corrected chi connectivity index (χ1v) is 7.13. The highest BCUT2D eigenvalue weighted by Gasteiger charge is 2.37. The minimum Gasteiger partial charge on any atom is -0.324 e. The number of likely N-dealkylation sites (N-methyl/N-ethyl adjacent to an activating group) is 1. The summed E-state index contributed by atoms with van der Waals surface area (Å²) in [5.74, 6) is 0. The van der Waals surface area contributed by atoms with Crippen LogP contribution < -0.4 is 5.73 Å². The molecule has 2 N–H and O–H groups in total. The molecule has 104 valence electrons. The fourth-order valence-electron chi connectivity index (χ4n) is 2.43. The van der Waals surface area contributed by atoms with Gasteiger partial charge in [-0.2, -0.15) is 0 Å². The van der Waals surface area contributed by atoms with E-state index < -0.39 is 0 Å². The third kappa shape index (κ3) is 3.28. The van der Waals surface area contributed by atoms with E-state index in [1.807, 2.05) is 37.9 Å². The highest BCUT2D eigenvalue weighted by Crippen LogP contribution is 2.30. The van der Waals surface area contributed by atoms with E-state index in [9.17, 15) is 4.79 Å². The van der Waals surface area contributed by atoms with Crippen molar-refractivity contribution in [3.63, 3.8) is 0 Å². The maximum Gasteiger partial charge on any atom is 0.320 e. The van der Waals surface area contributed by atoms with Crippen LogP contribution in [-0.2, 0) is 0 Å². The Morgan fingerprint density at radius 1 is 1.47 bits per heavy atom. The van der Waals surface area contributed by atoms with Gasteiger partial charge in [-0.3, -0.25) is 0 Å². The zero-order valence-corrected chi connectivity index (χ0v) is 13.1. The average Bonchev–Trinajstić information content (AvgIpc) is 2.55. The lowest BCUT2D eigenvalue weighted by atomic mass is 10.1. The lowest BCUT2D eigenvalue weighted by Crippen LogP contribution is -2.46. The van der Waals surface area contributed by atoms with Crippen molar-refractivity contribution in [2.24, 2.45) is 5.73 Å². The lowest BCUT2D eigenvalue weighted by Gasteiger charge is -2.25. The summed E-state index contributed by atoms with van der Waals surface area (Å²) in [5.41, 5.74) is 6.78. The molecule has 0 aromatic heterocycles. The van der Waals surface area contributed by atoms with Gasteiger partial charge < -0.3 is 15.5 Å². The summed E-state index contributed by atoms with van der Waals surface area (Å²) in [7, 11) is 1.84. The molecule has 2 rings (SSSR count). The average molecular weight is 326 g/mol. The Bertz CT molecular complexity index is 484. The van der Waals surface area contributed by atoms with Crippen LogP contribution in [0.25, 0.3) is 0 Å². The van der Waals surface area contributed by atoms with Gasteiger partial charge in [0.2, 0.25) is 0 Å². The van der Waals surface area contributed by atoms with Crippen LogP contribution >= 0.6 is 15.9 Å². The van der Waals surface area contributed by atoms with Gasteiger partial charge in [-0.1, -0.05) is 28.1 Å². The molecule has 1 fully saturated rings. The van der Waals surface area contributed by atoms with Crippen LogP contribution in [0, 0.1) is 0 Å². The predicted molar refractivity (Wildman–Crippen MR) is 79.9 cm³/mol. The summed E-state index contributed by atoms with van der Waals surface area (Å²) in [6, 6.07) is 8.23. The summed E-state index contributed by atoms with van der Waals surface area (Å²) >= 11 is 3.47. The second kappa shape index (κ2) is 5.13. The minimum absolute atomic E-state index is 0.0449. The van der Waals surface area contributed by atoms with Gasteiger partial charge in [0.15, 0.2) is 0 Å². The van der Waals surface area contributed by atoms with Crippen LogP contribution in [0.3, 0.4) is 0 Å². The van der Waals surface area contributed by atoms with Crippen molar-refractivity contribution < 1.29 is 4.79 Å². The van der Waals surface area contributed by atoms with Crippen molar-refractivity contribution >= 4 is 22.0 Å². The number of carbonyl (C=O) groups excluding carboxylic acids is 1. The molecule has 5 heteroatoms. The van der Waals surface area contributed by atoms with Crippen LogP contribution in [0.4, 0.5) is 4.79 Å². The first-order chi connectivity index (χ1) is 8.78. The van der Waals surface area contributed by atoms with Crippen molar-refractivity contribution in [3.05, 3.63) is 34.3 Å². The van der Waals surface area contributed by atoms with Crippen LogP contribution in [0.1, 0.15) is 25.5 Å². The van der Waals surface area contributed by atoms with Gasteiger partial charge in [0.05, 0.1) is 6.04 Å². The van der Waals surface area contributed by atoms with Gasteiger partial charge in [0, 0.05) is 30.1 Å². The number of hydrogen-bond acceptors (Lipinski definition) is 2. The summed E-state index contributed by atoms with van der Waals surface area (Å²) < 4.78 is 1.03. The normalized spacial score (nSPS) is 20.3. The SMILES string of the molecule is CN1C(=O)N(CC(C)(C)N)CC1c1cccc(Br)c1. The van der Waals surface area contributed by atoms with Gasteiger partial charge in [0.25, 0.3) is 0 Å². The van der Waals surface area contributed by atoms with E-state index >= 15 is 0 Å². The lowest BCUT2D eigenvalue weighted by molar-refractivity contribution is 0.188. The fourth-order valence-corrected chi connectivity index (χ4v) is 2.85. The molecular weight excluding hydrogens is 306 g/mol. The zero-order valence-electron chi connectivity index (χ0n) is 11.6. The summed E-state index contributed by atoms with van der Waals surface area (Å²) in [5, 5.41) is 0. The van der Waals surface area contributed by atoms with Crippen LogP contribution in [0.15, 0.2) is 28.7 Å². The van der Waals surface area contributed by atoms with E-state index in [1.165, 1.54) is 0 Å². The fraction of sp³-hybridized carbons (Fsp3) is 0.500. The summed E-state index contributed by atoms with van der Waals surface area (Å²) in [4.78, 5) is 15.8. The molecule has 1 aliphatic rings. The van der Waals surface area contributed by atoms with E-state index in [0.29, 0.717) is 13.1 Å². The maximum absolute atomic E-state index is 12.2. The molecule has 0 spiro atoms. The largest absolute Gasteiger partial charge is 0.324 e. The number of benzene rings is 1. The number of rotatable bonds is 3. The molecular formula is C14H20BrN3O. The molecule has 1 unspecified atom stereocenters. The van der Waals surface area contributed by atoms with Crippen LogP contribution in [0.5, 0.6) is 0 Å². The molecule has 0 bridgehead atoms. The molecule has 1 saturated heterocycles. The Hall–Kier alpha value is -1.07. The smallest absolute Gasteiger partial charge is 0.320 e. The highest BCUT2D eigenvalue weighted by molar-refractivity contribution is 9.10. The van der Waals surface area contributed by atoms with Gasteiger partial charge in [-0.15, -0.1) is 0 Å². The number of nitrogens with zero attached hydrogens (tertiary/aromatic N) is 2. The van der Waals surface area contributed by atoms with Crippen molar-refractivity contribution in [1.29, 1.82) is 0 Å². The van der Waals surface area contributed by atoms with Crippen LogP contribution in [0.2, 0.25) is 0 Å². The summed E-state index contributed by atoms with van der Waals surface area (Å²) in [6.07, 6.45) is 0. The Morgan fingerprint density at radius 2 is 2.16 bits per heavy atom. The van der Waals surface area contributed by atoms with E-state index in [2.05, 4.69) is 28.1 Å². The number of halogens is 1. The van der Waals surface area contributed by atoms with Gasteiger partial charge in [-0.05, 0) is 31.5 Å². The Kier molecular flexibility index (Phi) is 3.87. The Balaban J connectivity index is 2.19. The van der Waals surface area contributed by atoms with Gasteiger partial charge >= 0.3 is 6.03 Å². The maximum atomic E-state index is 12.2. The molecule has 0 radical (unpaired) electrons. The first kappa shape index (κ1) is 14.3. The molecule has 1 heterocycles. The molecule has 1 aromatic carbocycles. The van der Waals surface area contributed by atoms with Crippen molar-refractivity contribution in [1.82, 2.24) is 9.80 Å². The molecule has 0 aliphatic carbocycles. The van der Waals surface area contributed by atoms with Crippen LogP contribution in [-0.4, -0.2) is 41.5 Å². The quantitative estimate of drug-likeness (QED) is 0.928. The molecule has 2 amide bonds. The standard InChI is InChI=1S/C14H20BrN3O/c1-14(2,16)9-18-8-12(17(3)13(18)19)10-5-4-6-11(15)7-10/h4-7,12H,8-9,16H2,1-3H3. The number of carbonyl (C=O) groups is 1. The number of nitrogens with two attached hydrogens (primary N) is 1. The molecule has 4 nitrogen and oxygen atoms in total. The molecule has 19 heavy (non-hydrogen) atoms. The number of hydrogen-bond donors (Lipinski definition) is 1. The number of amides is 2. The monoisotopic (exact) mass is 325 g/mol. The Morgan fingerprint density at radius 3 is 2.74 bits per heavy atom. The Labute approximate surface area is 122 Å². The topological polar surface area (TPSA) is 49.6 Å². The summed E-state index contributed by atoms with van der Waals surface area (Å²) in [6.45, 7) is 5.13. The van der Waals surface area contributed by atoms with E-state index in [4.69, 9.17) is 5.73 Å². The van der Waals surface area contributed by atoms with Crippen molar-refractivity contribution in [3.8, 4) is 0 Å². The molecule has 1 aromatic rings. The highest BCUT2D eigenvalue weighted by atomic mass is 79.9. The molecule has 0 saturated carbocycles. The first-order valence-electron chi connectivity index (χ1n) is 6.34. The predicted octanol–water partition coefficient (Wildman–Crippen LogP) is 2.59. The zero-order chi connectivity index (χ0) is 14.2. The second-order valence-electron chi connectivity index (χ2n) is 5.83. The third-order valence-corrected chi connectivity index (χ3v) is 3.76. The van der Waals surface area contributed by atoms with Crippen molar-refractivity contribution in [2.75, 3.05) is 20.1 Å². The third-order valence-electron chi connectivity index (χ3n) is 3.26. The van der Waals surface area contributed by atoms with Crippen molar-refractivity contribution in [2.45, 2.75) is 25.4 Å². The molecule has 1 aliphatic heterocycles. The molecule has 1 atom stereocenters. The van der Waals surface area contributed by atoms with E-state index in [1.54, 1.807) is 4.90 Å².